The third kappa shape index (κ3) is 20.8. The van der Waals surface area contributed by atoms with Gasteiger partial charge in [-0.1, -0.05) is 24.3 Å². The number of nitrogens with zero attached hydrogens (tertiary/aromatic N) is 4. The maximum atomic E-state index is 5.29. The predicted molar refractivity (Wildman–Crippen MR) is 132 cm³/mol. The van der Waals surface area contributed by atoms with Crippen LogP contribution in [0.5, 0.6) is 0 Å². The second kappa shape index (κ2) is 28.7. The van der Waals surface area contributed by atoms with Crippen LogP contribution in [-0.2, 0) is 43.2 Å². The van der Waals surface area contributed by atoms with Crippen molar-refractivity contribution in [1.82, 2.24) is 19.9 Å². The van der Waals surface area contributed by atoms with Crippen LogP contribution in [0, 0.1) is 0 Å². The van der Waals surface area contributed by atoms with E-state index in [1.165, 1.54) is 0 Å². The van der Waals surface area contributed by atoms with Gasteiger partial charge < -0.3 is 53.2 Å². The Morgan fingerprint density at radius 3 is 0.694 bits per heavy atom. The SMILES string of the molecule is NCc1ccccn1.NCc1ccccn1.NCc1ccccn1.NCc1ccccn1.O.[Cl-].[Cl-].[Cu+2]. The molecule has 0 saturated heterocycles. The van der Waals surface area contributed by atoms with Crippen LogP contribution in [-0.4, -0.2) is 25.4 Å². The van der Waals surface area contributed by atoms with Gasteiger partial charge in [-0.15, -0.1) is 0 Å². The average Bonchev–Trinajstić information content (AvgIpc) is 2.91. The summed E-state index contributed by atoms with van der Waals surface area (Å²) in [6.45, 7) is 2.11. The van der Waals surface area contributed by atoms with Gasteiger partial charge in [0.15, 0.2) is 0 Å². The van der Waals surface area contributed by atoms with Crippen LogP contribution in [0.2, 0.25) is 0 Å². The summed E-state index contributed by atoms with van der Waals surface area (Å²) in [5.74, 6) is 0. The second-order valence-electron chi connectivity index (χ2n) is 6.10. The van der Waals surface area contributed by atoms with E-state index < -0.39 is 0 Å². The second-order valence-corrected chi connectivity index (χ2v) is 6.10. The summed E-state index contributed by atoms with van der Waals surface area (Å²) < 4.78 is 0. The van der Waals surface area contributed by atoms with Crippen molar-refractivity contribution in [3.63, 3.8) is 0 Å². The summed E-state index contributed by atoms with van der Waals surface area (Å²) >= 11 is 0. The Morgan fingerprint density at radius 2 is 0.611 bits per heavy atom. The fourth-order valence-corrected chi connectivity index (χ4v) is 2.08. The van der Waals surface area contributed by atoms with Crippen molar-refractivity contribution in [1.29, 1.82) is 0 Å². The molecule has 0 aliphatic rings. The first-order valence-electron chi connectivity index (χ1n) is 10.1. The number of rotatable bonds is 4. The van der Waals surface area contributed by atoms with E-state index in [-0.39, 0.29) is 47.4 Å². The number of hydrogen-bond acceptors (Lipinski definition) is 8. The number of hydrogen-bond donors (Lipinski definition) is 4. The van der Waals surface area contributed by atoms with Crippen LogP contribution < -0.4 is 47.7 Å². The van der Waals surface area contributed by atoms with Gasteiger partial charge in [-0.05, 0) is 48.5 Å². The summed E-state index contributed by atoms with van der Waals surface area (Å²) in [4.78, 5) is 15.9. The molecular weight excluding hydrogens is 551 g/mol. The van der Waals surface area contributed by atoms with Gasteiger partial charge in [0.05, 0.1) is 22.8 Å². The molecule has 36 heavy (non-hydrogen) atoms. The van der Waals surface area contributed by atoms with Crippen LogP contribution >= 0.6 is 0 Å². The Kier molecular flexibility index (Phi) is 32.5. The molecule has 4 aromatic rings. The minimum Gasteiger partial charge on any atom is -1.00 e. The standard InChI is InChI=1S/4C6H8N2.2ClH.Cu.H2O/c4*7-5-6-3-1-2-4-8-6;;;;/h4*1-4H,5,7H2;2*1H;;1H2/q;;;;;;+2;/p-2. The van der Waals surface area contributed by atoms with Crippen molar-refractivity contribution < 1.29 is 47.4 Å². The summed E-state index contributed by atoms with van der Waals surface area (Å²) in [5.41, 5.74) is 24.9. The van der Waals surface area contributed by atoms with Gasteiger partial charge in [-0.2, -0.15) is 0 Å². The van der Waals surface area contributed by atoms with Gasteiger partial charge >= 0.3 is 17.1 Å². The van der Waals surface area contributed by atoms with Gasteiger partial charge in [0.2, 0.25) is 0 Å². The van der Waals surface area contributed by atoms with Crippen LogP contribution in [0.1, 0.15) is 22.8 Å². The molecule has 0 fully saturated rings. The topological polar surface area (TPSA) is 187 Å². The van der Waals surface area contributed by atoms with E-state index >= 15 is 0 Å². The molecule has 4 heterocycles. The monoisotopic (exact) mass is 583 g/mol. The molecule has 0 spiro atoms. The quantitative estimate of drug-likeness (QED) is 0.172. The third-order valence-corrected chi connectivity index (χ3v) is 3.74. The Bertz CT molecular complexity index is 774. The van der Waals surface area contributed by atoms with Crippen molar-refractivity contribution in [2.75, 3.05) is 0 Å². The van der Waals surface area contributed by atoms with E-state index in [4.69, 9.17) is 22.9 Å². The van der Waals surface area contributed by atoms with Gasteiger partial charge in [0.25, 0.3) is 0 Å². The molecule has 0 amide bonds. The van der Waals surface area contributed by atoms with E-state index in [9.17, 15) is 0 Å². The molecule has 0 aliphatic heterocycles. The molecule has 0 aliphatic carbocycles. The van der Waals surface area contributed by atoms with Crippen LogP contribution in [0.4, 0.5) is 0 Å². The van der Waals surface area contributed by atoms with Gasteiger partial charge in [0, 0.05) is 51.0 Å². The van der Waals surface area contributed by atoms with E-state index in [1.807, 2.05) is 72.8 Å². The number of aromatic nitrogens is 4. The zero-order valence-electron chi connectivity index (χ0n) is 19.7. The molecule has 4 aromatic heterocycles. The number of halogens is 2. The smallest absolute Gasteiger partial charge is 1.00 e. The van der Waals surface area contributed by atoms with Gasteiger partial charge in [0.1, 0.15) is 0 Å². The van der Waals surface area contributed by atoms with Crippen molar-refractivity contribution >= 4 is 0 Å². The molecule has 4 rings (SSSR count). The largest absolute Gasteiger partial charge is 2.00 e. The van der Waals surface area contributed by atoms with Crippen molar-refractivity contribution in [2.24, 2.45) is 22.9 Å². The molecule has 0 unspecified atom stereocenters. The molecule has 201 valence electrons. The average molecular weight is 585 g/mol. The molecule has 10 N–H and O–H groups in total. The summed E-state index contributed by atoms with van der Waals surface area (Å²) in [6.07, 6.45) is 6.95. The Hall–Kier alpha value is -2.50. The van der Waals surface area contributed by atoms with E-state index in [2.05, 4.69) is 19.9 Å². The van der Waals surface area contributed by atoms with Gasteiger partial charge in [-0.25, -0.2) is 0 Å². The summed E-state index contributed by atoms with van der Waals surface area (Å²) in [7, 11) is 0. The summed E-state index contributed by atoms with van der Waals surface area (Å²) in [5, 5.41) is 0. The number of nitrogens with two attached hydrogens (primary N) is 4. The maximum absolute atomic E-state index is 5.29. The maximum Gasteiger partial charge on any atom is 2.00 e. The van der Waals surface area contributed by atoms with E-state index in [1.54, 1.807) is 24.8 Å². The van der Waals surface area contributed by atoms with Crippen LogP contribution in [0.25, 0.3) is 0 Å². The molecule has 0 bridgehead atoms. The van der Waals surface area contributed by atoms with Crippen molar-refractivity contribution in [2.45, 2.75) is 26.2 Å². The minimum atomic E-state index is 0. The van der Waals surface area contributed by atoms with Gasteiger partial charge in [-0.3, -0.25) is 19.9 Å². The molecule has 12 heteroatoms. The predicted octanol–water partition coefficient (Wildman–Crippen LogP) is -4.66. The zero-order chi connectivity index (χ0) is 23.3. The summed E-state index contributed by atoms with van der Waals surface area (Å²) in [6, 6.07) is 22.8. The normalized spacial score (nSPS) is 8.11. The first-order valence-corrected chi connectivity index (χ1v) is 10.1. The van der Waals surface area contributed by atoms with Crippen molar-refractivity contribution in [3.8, 4) is 0 Å². The molecule has 1 radical (unpaired) electrons. The Morgan fingerprint density at radius 1 is 0.417 bits per heavy atom. The molecule has 0 saturated carbocycles. The minimum absolute atomic E-state index is 0. The molecular formula is C24H34Cl2CuN8O. The third-order valence-electron chi connectivity index (χ3n) is 3.74. The Labute approximate surface area is 236 Å². The van der Waals surface area contributed by atoms with Crippen molar-refractivity contribution in [3.05, 3.63) is 120 Å². The molecule has 9 nitrogen and oxygen atoms in total. The van der Waals surface area contributed by atoms with E-state index in [0.717, 1.165) is 22.8 Å². The first-order chi connectivity index (χ1) is 15.7. The van der Waals surface area contributed by atoms with E-state index in [0.29, 0.717) is 26.2 Å². The zero-order valence-corrected chi connectivity index (χ0v) is 22.2. The molecule has 0 aromatic carbocycles. The fraction of sp³-hybridized carbons (Fsp3) is 0.167. The molecule has 0 atom stereocenters. The van der Waals surface area contributed by atoms with Crippen LogP contribution in [0.15, 0.2) is 97.6 Å². The first kappa shape index (κ1) is 40.7. The van der Waals surface area contributed by atoms with Crippen LogP contribution in [0.3, 0.4) is 0 Å². The fourth-order valence-electron chi connectivity index (χ4n) is 2.08. The number of pyridine rings is 4. The Balaban J connectivity index is -0.000000183.